The lowest BCUT2D eigenvalue weighted by molar-refractivity contribution is 0.0662. The van der Waals surface area contributed by atoms with Gasteiger partial charge in [-0.1, -0.05) is 12.8 Å². The third-order valence-corrected chi connectivity index (χ3v) is 4.51. The number of carboxylic acids is 1. The van der Waals surface area contributed by atoms with E-state index in [0.29, 0.717) is 11.4 Å². The quantitative estimate of drug-likeness (QED) is 0.785. The fourth-order valence-corrected chi connectivity index (χ4v) is 3.07. The van der Waals surface area contributed by atoms with Crippen molar-refractivity contribution in [1.82, 2.24) is 5.32 Å². The summed E-state index contributed by atoms with van der Waals surface area (Å²) < 4.78 is 0. The van der Waals surface area contributed by atoms with Crippen molar-refractivity contribution in [3.05, 3.63) is 21.9 Å². The second kappa shape index (κ2) is 6.16. The molecule has 2 rings (SSSR count). The monoisotopic (exact) mass is 283 g/mol. The lowest BCUT2D eigenvalue weighted by Crippen LogP contribution is -2.36. The molecule has 1 aliphatic carbocycles. The van der Waals surface area contributed by atoms with Crippen LogP contribution in [0, 0.1) is 5.92 Å². The molecule has 3 N–H and O–H groups in total. The van der Waals surface area contributed by atoms with Crippen molar-refractivity contribution < 1.29 is 19.8 Å². The SMILES string of the molecule is O=C(O)c1ccc(C(=O)NC[C@H]2CCCC[C@H]2O)s1. The molecule has 5 nitrogen and oxygen atoms in total. The lowest BCUT2D eigenvalue weighted by atomic mass is 9.86. The van der Waals surface area contributed by atoms with Gasteiger partial charge in [-0.25, -0.2) is 4.79 Å². The van der Waals surface area contributed by atoms with Crippen LogP contribution in [0.3, 0.4) is 0 Å². The molecule has 1 amide bonds. The summed E-state index contributed by atoms with van der Waals surface area (Å²) in [5.74, 6) is -1.18. The molecule has 2 atom stereocenters. The van der Waals surface area contributed by atoms with Gasteiger partial charge in [0.25, 0.3) is 5.91 Å². The smallest absolute Gasteiger partial charge is 0.345 e. The Morgan fingerprint density at radius 2 is 1.95 bits per heavy atom. The maximum Gasteiger partial charge on any atom is 0.345 e. The summed E-state index contributed by atoms with van der Waals surface area (Å²) in [6, 6.07) is 2.94. The second-order valence-corrected chi connectivity index (χ2v) is 5.87. The summed E-state index contributed by atoms with van der Waals surface area (Å²) in [6.07, 6.45) is 3.50. The van der Waals surface area contributed by atoms with Crippen molar-refractivity contribution in [2.24, 2.45) is 5.92 Å². The standard InChI is InChI=1S/C13H17NO4S/c15-9-4-2-1-3-8(9)7-14-12(16)10-5-6-11(19-10)13(17)18/h5-6,8-9,15H,1-4,7H2,(H,14,16)(H,17,18)/t8-,9-/m1/s1. The maximum atomic E-state index is 11.9. The normalized spacial score (nSPS) is 23.0. The maximum absolute atomic E-state index is 11.9. The first-order valence-electron chi connectivity index (χ1n) is 6.37. The van der Waals surface area contributed by atoms with Crippen LogP contribution < -0.4 is 5.32 Å². The summed E-state index contributed by atoms with van der Waals surface area (Å²) in [6.45, 7) is 0.445. The number of carboxylic acid groups (broad SMARTS) is 1. The largest absolute Gasteiger partial charge is 0.477 e. The zero-order valence-corrected chi connectivity index (χ0v) is 11.3. The van der Waals surface area contributed by atoms with Crippen molar-refractivity contribution in [1.29, 1.82) is 0 Å². The molecule has 0 unspecified atom stereocenters. The second-order valence-electron chi connectivity index (χ2n) is 4.79. The molecular formula is C13H17NO4S. The van der Waals surface area contributed by atoms with E-state index in [1.165, 1.54) is 12.1 Å². The summed E-state index contributed by atoms with van der Waals surface area (Å²) >= 11 is 0.962. The molecule has 1 aromatic heterocycles. The molecule has 0 bridgehead atoms. The lowest BCUT2D eigenvalue weighted by Gasteiger charge is -2.27. The van der Waals surface area contributed by atoms with Crippen LogP contribution in [-0.4, -0.2) is 34.7 Å². The van der Waals surface area contributed by atoms with E-state index in [1.807, 2.05) is 0 Å². The van der Waals surface area contributed by atoms with Crippen molar-refractivity contribution >= 4 is 23.2 Å². The predicted molar refractivity (Wildman–Crippen MR) is 71.6 cm³/mol. The van der Waals surface area contributed by atoms with Gasteiger partial charge in [-0.2, -0.15) is 0 Å². The first kappa shape index (κ1) is 14.0. The molecule has 1 fully saturated rings. The van der Waals surface area contributed by atoms with Crippen LogP contribution in [0.15, 0.2) is 12.1 Å². The van der Waals surface area contributed by atoms with Gasteiger partial charge < -0.3 is 15.5 Å². The highest BCUT2D eigenvalue weighted by Gasteiger charge is 2.23. The molecule has 104 valence electrons. The van der Waals surface area contributed by atoms with Crippen LogP contribution in [0.25, 0.3) is 0 Å². The van der Waals surface area contributed by atoms with E-state index in [0.717, 1.165) is 37.0 Å². The first-order chi connectivity index (χ1) is 9.08. The highest BCUT2D eigenvalue weighted by molar-refractivity contribution is 7.15. The van der Waals surface area contributed by atoms with Crippen LogP contribution in [0.5, 0.6) is 0 Å². The molecule has 1 aliphatic rings. The van der Waals surface area contributed by atoms with E-state index < -0.39 is 5.97 Å². The van der Waals surface area contributed by atoms with Gasteiger partial charge in [0, 0.05) is 12.5 Å². The molecule has 6 heteroatoms. The number of hydrogen-bond acceptors (Lipinski definition) is 4. The van der Waals surface area contributed by atoms with Gasteiger partial charge in [0.2, 0.25) is 0 Å². The number of carbonyl (C=O) groups is 2. The molecule has 0 radical (unpaired) electrons. The first-order valence-corrected chi connectivity index (χ1v) is 7.19. The molecule has 0 spiro atoms. The minimum atomic E-state index is -1.02. The van der Waals surface area contributed by atoms with Crippen molar-refractivity contribution in [2.75, 3.05) is 6.54 Å². The molecule has 19 heavy (non-hydrogen) atoms. The van der Waals surface area contributed by atoms with E-state index in [4.69, 9.17) is 5.11 Å². The summed E-state index contributed by atoms with van der Waals surface area (Å²) in [5.41, 5.74) is 0. The van der Waals surface area contributed by atoms with E-state index in [2.05, 4.69) is 5.32 Å². The molecule has 1 heterocycles. The van der Waals surface area contributed by atoms with E-state index >= 15 is 0 Å². The van der Waals surface area contributed by atoms with Gasteiger partial charge in [-0.05, 0) is 25.0 Å². The van der Waals surface area contributed by atoms with Gasteiger partial charge in [0.1, 0.15) is 4.88 Å². The van der Waals surface area contributed by atoms with Crippen LogP contribution in [0.2, 0.25) is 0 Å². The van der Waals surface area contributed by atoms with Crippen molar-refractivity contribution in [3.8, 4) is 0 Å². The van der Waals surface area contributed by atoms with Crippen LogP contribution in [-0.2, 0) is 0 Å². The Balaban J connectivity index is 1.88. The Morgan fingerprint density at radius 1 is 1.26 bits per heavy atom. The Kier molecular flexibility index (Phi) is 4.55. The molecule has 0 saturated heterocycles. The molecule has 0 aliphatic heterocycles. The number of thiophene rings is 1. The molecule has 1 aromatic rings. The van der Waals surface area contributed by atoms with E-state index in [9.17, 15) is 14.7 Å². The average molecular weight is 283 g/mol. The highest BCUT2D eigenvalue weighted by atomic mass is 32.1. The zero-order chi connectivity index (χ0) is 13.8. The van der Waals surface area contributed by atoms with Crippen molar-refractivity contribution in [3.63, 3.8) is 0 Å². The highest BCUT2D eigenvalue weighted by Crippen LogP contribution is 2.24. The summed E-state index contributed by atoms with van der Waals surface area (Å²) in [5, 5.41) is 21.4. The number of aliphatic hydroxyl groups excluding tert-OH is 1. The predicted octanol–water partition coefficient (Wildman–Crippen LogP) is 1.73. The van der Waals surface area contributed by atoms with Crippen LogP contribution in [0.1, 0.15) is 45.0 Å². The number of nitrogens with one attached hydrogen (secondary N) is 1. The van der Waals surface area contributed by atoms with Crippen LogP contribution in [0.4, 0.5) is 0 Å². The van der Waals surface area contributed by atoms with E-state index in [-0.39, 0.29) is 22.8 Å². The number of amides is 1. The fraction of sp³-hybridized carbons (Fsp3) is 0.538. The Labute approximate surface area is 115 Å². The van der Waals surface area contributed by atoms with Gasteiger partial charge in [0.05, 0.1) is 11.0 Å². The number of hydrogen-bond donors (Lipinski definition) is 3. The number of carbonyl (C=O) groups excluding carboxylic acids is 1. The summed E-state index contributed by atoms with van der Waals surface area (Å²) in [7, 11) is 0. The third kappa shape index (κ3) is 3.54. The van der Waals surface area contributed by atoms with Gasteiger partial charge in [0.15, 0.2) is 0 Å². The number of aliphatic hydroxyl groups is 1. The number of aromatic carboxylic acids is 1. The van der Waals surface area contributed by atoms with Gasteiger partial charge in [-0.15, -0.1) is 11.3 Å². The Bertz CT molecular complexity index is 471. The van der Waals surface area contributed by atoms with Gasteiger partial charge in [-0.3, -0.25) is 4.79 Å². The zero-order valence-electron chi connectivity index (χ0n) is 10.5. The topological polar surface area (TPSA) is 86.6 Å². The Hall–Kier alpha value is -1.40. The molecule has 1 saturated carbocycles. The molecular weight excluding hydrogens is 266 g/mol. The van der Waals surface area contributed by atoms with Gasteiger partial charge >= 0.3 is 5.97 Å². The third-order valence-electron chi connectivity index (χ3n) is 3.43. The number of rotatable bonds is 4. The fourth-order valence-electron chi connectivity index (χ4n) is 2.31. The average Bonchev–Trinajstić information content (AvgIpc) is 2.87. The summed E-state index contributed by atoms with van der Waals surface area (Å²) in [4.78, 5) is 23.1. The Morgan fingerprint density at radius 3 is 2.58 bits per heavy atom. The van der Waals surface area contributed by atoms with E-state index in [1.54, 1.807) is 0 Å². The van der Waals surface area contributed by atoms with Crippen LogP contribution >= 0.6 is 11.3 Å². The minimum Gasteiger partial charge on any atom is -0.477 e. The molecule has 0 aromatic carbocycles. The minimum absolute atomic E-state index is 0.108. The van der Waals surface area contributed by atoms with Crippen molar-refractivity contribution in [2.45, 2.75) is 31.8 Å².